The lowest BCUT2D eigenvalue weighted by molar-refractivity contribution is -0.134. The topological polar surface area (TPSA) is 45.3 Å². The van der Waals surface area contributed by atoms with Gasteiger partial charge in [0.05, 0.1) is 0 Å². The van der Waals surface area contributed by atoms with Crippen molar-refractivity contribution in [3.63, 3.8) is 0 Å². The Morgan fingerprint density at radius 2 is 2.00 bits per heavy atom. The summed E-state index contributed by atoms with van der Waals surface area (Å²) < 4.78 is 5.34. The van der Waals surface area contributed by atoms with E-state index in [2.05, 4.69) is 29.9 Å². The molecule has 0 unspecified atom stereocenters. The molecule has 1 aromatic heterocycles. The molecular weight excluding hydrogens is 276 g/mol. The minimum Gasteiger partial charge on any atom is -0.426 e. The van der Waals surface area contributed by atoms with Gasteiger partial charge in [-0.05, 0) is 43.6 Å². The fourth-order valence-corrected chi connectivity index (χ4v) is 2.64. The number of likely N-dealkylation sites (N-methyl/N-ethyl adjacent to an activating group) is 1. The third-order valence-corrected chi connectivity index (χ3v) is 4.02. The lowest BCUT2D eigenvalue weighted by Gasteiger charge is -2.17. The predicted octanol–water partition coefficient (Wildman–Crippen LogP) is 3.76. The van der Waals surface area contributed by atoms with Crippen molar-refractivity contribution in [2.24, 2.45) is 0 Å². The average Bonchev–Trinajstić information content (AvgIpc) is 2.91. The number of aromatic amines is 1. The van der Waals surface area contributed by atoms with E-state index in [9.17, 15) is 4.79 Å². The normalized spacial score (nSPS) is 11.3. The highest BCUT2D eigenvalue weighted by molar-refractivity contribution is 5.85. The first-order chi connectivity index (χ1) is 10.7. The Kier molecular flexibility index (Phi) is 6.01. The molecule has 0 saturated carbocycles. The molecule has 0 aliphatic heterocycles. The van der Waals surface area contributed by atoms with Crippen molar-refractivity contribution in [1.29, 1.82) is 0 Å². The molecule has 0 bridgehead atoms. The number of aromatic nitrogens is 1. The number of nitrogens with one attached hydrogen (secondary N) is 1. The van der Waals surface area contributed by atoms with Crippen LogP contribution < -0.4 is 4.74 Å². The summed E-state index contributed by atoms with van der Waals surface area (Å²) in [5.74, 6) is 0.443. The lowest BCUT2D eigenvalue weighted by atomic mass is 10.1. The molecule has 4 nitrogen and oxygen atoms in total. The van der Waals surface area contributed by atoms with Gasteiger partial charge < -0.3 is 14.6 Å². The van der Waals surface area contributed by atoms with E-state index in [1.54, 1.807) is 0 Å². The number of rotatable bonds is 8. The lowest BCUT2D eigenvalue weighted by Crippen LogP contribution is -2.25. The van der Waals surface area contributed by atoms with Crippen LogP contribution in [0.4, 0.5) is 0 Å². The molecule has 0 amide bonds. The van der Waals surface area contributed by atoms with Gasteiger partial charge in [-0.15, -0.1) is 0 Å². The van der Waals surface area contributed by atoms with Gasteiger partial charge in [0.15, 0.2) is 0 Å². The van der Waals surface area contributed by atoms with Crippen LogP contribution in [0.15, 0.2) is 24.4 Å². The first-order valence-corrected chi connectivity index (χ1v) is 8.20. The molecule has 0 aliphatic rings. The van der Waals surface area contributed by atoms with Crippen molar-refractivity contribution in [1.82, 2.24) is 9.88 Å². The van der Waals surface area contributed by atoms with E-state index >= 15 is 0 Å². The SMILES string of the molecule is CCCC(=O)Oc1ccc2c(CCN(CC)CC)c[nH]c2c1. The average molecular weight is 302 g/mol. The Hall–Kier alpha value is -1.81. The number of carbonyl (C=O) groups is 1. The second-order valence-corrected chi connectivity index (χ2v) is 5.52. The highest BCUT2D eigenvalue weighted by Crippen LogP contribution is 2.24. The number of fused-ring (bicyclic) bond motifs is 1. The van der Waals surface area contributed by atoms with Gasteiger partial charge in [0.1, 0.15) is 5.75 Å². The third-order valence-electron chi connectivity index (χ3n) is 4.02. The van der Waals surface area contributed by atoms with Crippen LogP contribution in [0.25, 0.3) is 10.9 Å². The Morgan fingerprint density at radius 3 is 2.68 bits per heavy atom. The minimum atomic E-state index is -0.171. The van der Waals surface area contributed by atoms with E-state index in [0.717, 1.165) is 38.0 Å². The van der Waals surface area contributed by atoms with E-state index in [0.29, 0.717) is 12.2 Å². The Labute approximate surface area is 132 Å². The Morgan fingerprint density at radius 1 is 1.23 bits per heavy atom. The molecule has 120 valence electrons. The van der Waals surface area contributed by atoms with Crippen molar-refractivity contribution in [2.45, 2.75) is 40.0 Å². The highest BCUT2D eigenvalue weighted by Gasteiger charge is 2.09. The number of ether oxygens (including phenoxy) is 1. The smallest absolute Gasteiger partial charge is 0.311 e. The number of hydrogen-bond acceptors (Lipinski definition) is 3. The zero-order valence-corrected chi connectivity index (χ0v) is 13.8. The van der Waals surface area contributed by atoms with Crippen LogP contribution in [-0.4, -0.2) is 35.5 Å². The third kappa shape index (κ3) is 4.10. The molecule has 1 heterocycles. The molecule has 2 rings (SSSR count). The van der Waals surface area contributed by atoms with Crippen molar-refractivity contribution in [3.05, 3.63) is 30.0 Å². The van der Waals surface area contributed by atoms with Crippen LogP contribution in [0, 0.1) is 0 Å². The maximum Gasteiger partial charge on any atom is 0.311 e. The van der Waals surface area contributed by atoms with Gasteiger partial charge in [-0.1, -0.05) is 20.8 Å². The number of hydrogen-bond donors (Lipinski definition) is 1. The molecule has 0 radical (unpaired) electrons. The van der Waals surface area contributed by atoms with Crippen LogP contribution in [-0.2, 0) is 11.2 Å². The predicted molar refractivity (Wildman–Crippen MR) is 90.3 cm³/mol. The molecule has 4 heteroatoms. The molecule has 0 aliphatic carbocycles. The molecular formula is C18H26N2O2. The fraction of sp³-hybridized carbons (Fsp3) is 0.500. The quantitative estimate of drug-likeness (QED) is 0.596. The first-order valence-electron chi connectivity index (χ1n) is 8.20. The van der Waals surface area contributed by atoms with E-state index in [4.69, 9.17) is 4.74 Å². The molecule has 2 aromatic rings. The summed E-state index contributed by atoms with van der Waals surface area (Å²) >= 11 is 0. The highest BCUT2D eigenvalue weighted by atomic mass is 16.5. The van der Waals surface area contributed by atoms with Gasteiger partial charge in [0.25, 0.3) is 0 Å². The van der Waals surface area contributed by atoms with Gasteiger partial charge in [-0.3, -0.25) is 4.79 Å². The summed E-state index contributed by atoms with van der Waals surface area (Å²) in [4.78, 5) is 17.3. The number of H-pyrrole nitrogens is 1. The van der Waals surface area contributed by atoms with Crippen molar-refractivity contribution in [2.75, 3.05) is 19.6 Å². The molecule has 0 saturated heterocycles. The minimum absolute atomic E-state index is 0.171. The van der Waals surface area contributed by atoms with Crippen molar-refractivity contribution in [3.8, 4) is 5.75 Å². The molecule has 0 atom stereocenters. The number of carbonyl (C=O) groups excluding carboxylic acids is 1. The first kappa shape index (κ1) is 16.6. The Bertz CT molecular complexity index is 615. The number of nitrogens with zero attached hydrogens (tertiary/aromatic N) is 1. The van der Waals surface area contributed by atoms with Gasteiger partial charge >= 0.3 is 5.97 Å². The standard InChI is InChI=1S/C18H26N2O2/c1-4-7-18(21)22-15-8-9-16-14(13-19-17(16)12-15)10-11-20(5-2)6-3/h8-9,12-13,19H,4-7,10-11H2,1-3H3. The monoisotopic (exact) mass is 302 g/mol. The maximum absolute atomic E-state index is 11.6. The molecule has 1 N–H and O–H groups in total. The zero-order chi connectivity index (χ0) is 15.9. The summed E-state index contributed by atoms with van der Waals surface area (Å²) in [6.07, 6.45) is 4.35. The molecule has 22 heavy (non-hydrogen) atoms. The van der Waals surface area contributed by atoms with Crippen LogP contribution in [0.1, 0.15) is 39.2 Å². The van der Waals surface area contributed by atoms with Crippen molar-refractivity contribution >= 4 is 16.9 Å². The Balaban J connectivity index is 2.08. The van der Waals surface area contributed by atoms with Crippen LogP contribution in [0.5, 0.6) is 5.75 Å². The van der Waals surface area contributed by atoms with E-state index < -0.39 is 0 Å². The van der Waals surface area contributed by atoms with Gasteiger partial charge in [0.2, 0.25) is 0 Å². The fourth-order valence-electron chi connectivity index (χ4n) is 2.64. The number of esters is 1. The summed E-state index contributed by atoms with van der Waals surface area (Å²) in [5, 5.41) is 1.21. The van der Waals surface area contributed by atoms with Crippen molar-refractivity contribution < 1.29 is 9.53 Å². The number of benzene rings is 1. The maximum atomic E-state index is 11.6. The largest absolute Gasteiger partial charge is 0.426 e. The van der Waals surface area contributed by atoms with Crippen LogP contribution in [0.2, 0.25) is 0 Å². The molecule has 0 fully saturated rings. The summed E-state index contributed by atoms with van der Waals surface area (Å²) in [6, 6.07) is 5.83. The van der Waals surface area contributed by atoms with Crippen LogP contribution in [0.3, 0.4) is 0 Å². The summed E-state index contributed by atoms with van der Waals surface area (Å²) in [7, 11) is 0. The van der Waals surface area contributed by atoms with Gasteiger partial charge in [0, 0.05) is 36.1 Å². The van der Waals surface area contributed by atoms with E-state index in [1.807, 2.05) is 25.1 Å². The second kappa shape index (κ2) is 7.99. The summed E-state index contributed by atoms with van der Waals surface area (Å²) in [5.41, 5.74) is 2.34. The van der Waals surface area contributed by atoms with E-state index in [1.165, 1.54) is 10.9 Å². The van der Waals surface area contributed by atoms with Crippen LogP contribution >= 0.6 is 0 Å². The van der Waals surface area contributed by atoms with E-state index in [-0.39, 0.29) is 5.97 Å². The second-order valence-electron chi connectivity index (χ2n) is 5.52. The van der Waals surface area contributed by atoms with Gasteiger partial charge in [-0.2, -0.15) is 0 Å². The molecule has 0 spiro atoms. The zero-order valence-electron chi connectivity index (χ0n) is 13.8. The molecule has 1 aromatic carbocycles. The summed E-state index contributed by atoms with van der Waals surface area (Å²) in [6.45, 7) is 9.57. The van der Waals surface area contributed by atoms with Gasteiger partial charge in [-0.25, -0.2) is 0 Å².